The number of methoxy groups -OCH3 is 1. The molecule has 23 heavy (non-hydrogen) atoms. The Morgan fingerprint density at radius 1 is 1.17 bits per heavy atom. The van der Waals surface area contributed by atoms with E-state index in [9.17, 15) is 14.9 Å². The molecule has 0 fully saturated rings. The fourth-order valence-electron chi connectivity index (χ4n) is 2.46. The average Bonchev–Trinajstić information content (AvgIpc) is 2.96. The molecule has 0 saturated heterocycles. The molecular formula is C16H13N3O4. The van der Waals surface area contributed by atoms with E-state index >= 15 is 0 Å². The normalized spacial score (nSPS) is 13.9. The first-order chi connectivity index (χ1) is 11.1. The highest BCUT2D eigenvalue weighted by Crippen LogP contribution is 2.33. The van der Waals surface area contributed by atoms with Crippen LogP contribution in [-0.4, -0.2) is 23.7 Å². The van der Waals surface area contributed by atoms with E-state index in [1.807, 2.05) is 6.07 Å². The highest BCUT2D eigenvalue weighted by Gasteiger charge is 2.31. The number of para-hydroxylation sites is 2. The minimum absolute atomic E-state index is 0.00288. The van der Waals surface area contributed by atoms with E-state index in [2.05, 4.69) is 5.10 Å². The van der Waals surface area contributed by atoms with Crippen LogP contribution in [0.15, 0.2) is 53.6 Å². The number of anilines is 1. The Morgan fingerprint density at radius 3 is 2.57 bits per heavy atom. The van der Waals surface area contributed by atoms with Crippen molar-refractivity contribution in [3.63, 3.8) is 0 Å². The molecule has 1 amide bonds. The molecule has 1 aliphatic rings. The van der Waals surface area contributed by atoms with Crippen molar-refractivity contribution in [1.82, 2.24) is 0 Å². The lowest BCUT2D eigenvalue weighted by molar-refractivity contribution is -0.385. The minimum atomic E-state index is -0.521. The topological polar surface area (TPSA) is 85.0 Å². The van der Waals surface area contributed by atoms with Gasteiger partial charge in [0.05, 0.1) is 35.4 Å². The summed E-state index contributed by atoms with van der Waals surface area (Å²) in [5.41, 5.74) is 1.08. The predicted octanol–water partition coefficient (Wildman–Crippen LogP) is 2.74. The van der Waals surface area contributed by atoms with Gasteiger partial charge >= 0.3 is 5.69 Å². The molecule has 7 nitrogen and oxygen atoms in total. The Balaban J connectivity index is 2.07. The van der Waals surface area contributed by atoms with Crippen LogP contribution in [0.2, 0.25) is 0 Å². The van der Waals surface area contributed by atoms with Crippen LogP contribution in [0.25, 0.3) is 0 Å². The van der Waals surface area contributed by atoms with Gasteiger partial charge in [-0.3, -0.25) is 14.9 Å². The van der Waals surface area contributed by atoms with Crippen molar-refractivity contribution in [3.8, 4) is 5.75 Å². The van der Waals surface area contributed by atoms with Crippen LogP contribution in [0.4, 0.5) is 11.4 Å². The number of nitrogens with zero attached hydrogens (tertiary/aromatic N) is 3. The number of carbonyl (C=O) groups is 1. The number of hydrogen-bond acceptors (Lipinski definition) is 5. The highest BCUT2D eigenvalue weighted by atomic mass is 16.6. The van der Waals surface area contributed by atoms with Gasteiger partial charge in [-0.1, -0.05) is 24.3 Å². The molecule has 0 aromatic heterocycles. The molecule has 2 aromatic rings. The van der Waals surface area contributed by atoms with Gasteiger partial charge in [-0.15, -0.1) is 0 Å². The first kappa shape index (κ1) is 14.7. The largest absolute Gasteiger partial charge is 0.490 e. The summed E-state index contributed by atoms with van der Waals surface area (Å²) < 4.78 is 5.05. The van der Waals surface area contributed by atoms with Crippen LogP contribution in [-0.2, 0) is 4.79 Å². The lowest BCUT2D eigenvalue weighted by atomic mass is 10.0. The summed E-state index contributed by atoms with van der Waals surface area (Å²) in [6.45, 7) is 0. The smallest absolute Gasteiger partial charge is 0.319 e. The first-order valence-corrected chi connectivity index (χ1v) is 6.89. The number of nitro groups is 1. The van der Waals surface area contributed by atoms with E-state index in [4.69, 9.17) is 4.74 Å². The Kier molecular flexibility index (Phi) is 3.76. The monoisotopic (exact) mass is 311 g/mol. The highest BCUT2D eigenvalue weighted by molar-refractivity contribution is 6.20. The molecule has 0 aliphatic carbocycles. The van der Waals surface area contributed by atoms with Gasteiger partial charge in [-0.05, 0) is 24.3 Å². The number of rotatable bonds is 4. The summed E-state index contributed by atoms with van der Waals surface area (Å²) in [5.74, 6) is -0.0934. The third-order valence-electron chi connectivity index (χ3n) is 3.49. The van der Waals surface area contributed by atoms with E-state index < -0.39 is 4.92 Å². The summed E-state index contributed by atoms with van der Waals surface area (Å²) >= 11 is 0. The van der Waals surface area contributed by atoms with E-state index in [0.29, 0.717) is 17.0 Å². The fourth-order valence-corrected chi connectivity index (χ4v) is 2.46. The zero-order valence-corrected chi connectivity index (χ0v) is 12.3. The molecule has 0 spiro atoms. The van der Waals surface area contributed by atoms with Gasteiger partial charge in [-0.2, -0.15) is 5.10 Å². The average molecular weight is 311 g/mol. The van der Waals surface area contributed by atoms with Crippen molar-refractivity contribution in [2.24, 2.45) is 5.10 Å². The van der Waals surface area contributed by atoms with Crippen LogP contribution >= 0.6 is 0 Å². The number of amides is 1. The van der Waals surface area contributed by atoms with Crippen LogP contribution in [0, 0.1) is 10.1 Å². The maximum atomic E-state index is 12.2. The number of carbonyl (C=O) groups excluding carboxylic acids is 1. The molecule has 0 radical (unpaired) electrons. The molecule has 116 valence electrons. The number of benzene rings is 2. The number of ether oxygens (including phenoxy) is 1. The van der Waals surface area contributed by atoms with E-state index in [1.165, 1.54) is 18.2 Å². The van der Waals surface area contributed by atoms with Gasteiger partial charge in [0, 0.05) is 0 Å². The maximum absolute atomic E-state index is 12.2. The molecule has 1 aliphatic heterocycles. The van der Waals surface area contributed by atoms with Gasteiger partial charge < -0.3 is 4.74 Å². The number of hydrazone groups is 1. The zero-order chi connectivity index (χ0) is 16.4. The van der Waals surface area contributed by atoms with Crippen molar-refractivity contribution < 1.29 is 14.5 Å². The fraction of sp³-hybridized carbons (Fsp3) is 0.125. The number of nitro benzene ring substituents is 1. The van der Waals surface area contributed by atoms with Crippen molar-refractivity contribution in [2.75, 3.05) is 12.1 Å². The Hall–Kier alpha value is -3.22. The van der Waals surface area contributed by atoms with Crippen molar-refractivity contribution in [2.45, 2.75) is 6.42 Å². The van der Waals surface area contributed by atoms with Crippen molar-refractivity contribution >= 4 is 23.0 Å². The van der Waals surface area contributed by atoms with Crippen molar-refractivity contribution in [1.29, 1.82) is 0 Å². The van der Waals surface area contributed by atoms with Gasteiger partial charge in [0.1, 0.15) is 0 Å². The molecule has 1 heterocycles. The molecule has 0 N–H and O–H groups in total. The van der Waals surface area contributed by atoms with Gasteiger partial charge in [0.25, 0.3) is 5.91 Å². The first-order valence-electron chi connectivity index (χ1n) is 6.89. The Bertz CT molecular complexity index is 802. The van der Waals surface area contributed by atoms with E-state index in [1.54, 1.807) is 36.4 Å². The molecule has 7 heteroatoms. The second-order valence-corrected chi connectivity index (χ2v) is 4.88. The minimum Gasteiger partial charge on any atom is -0.490 e. The lowest BCUT2D eigenvalue weighted by Gasteiger charge is -2.10. The Morgan fingerprint density at radius 2 is 1.91 bits per heavy atom. The van der Waals surface area contributed by atoms with Crippen LogP contribution in [0.3, 0.4) is 0 Å². The molecule has 0 bridgehead atoms. The second-order valence-electron chi connectivity index (χ2n) is 4.88. The summed E-state index contributed by atoms with van der Waals surface area (Å²) in [4.78, 5) is 23.0. The molecule has 0 unspecified atom stereocenters. The van der Waals surface area contributed by atoms with Gasteiger partial charge in [-0.25, -0.2) is 5.01 Å². The molecular weight excluding hydrogens is 298 g/mol. The SMILES string of the molecule is COc1cccc(C2=NN(c3ccccc3)C(=O)C2)c1[N+](=O)[O-]. The summed E-state index contributed by atoms with van der Waals surface area (Å²) in [6, 6.07) is 13.7. The quantitative estimate of drug-likeness (QED) is 0.642. The molecule has 0 atom stereocenters. The summed E-state index contributed by atoms with van der Waals surface area (Å²) in [6.07, 6.45) is 0.00288. The summed E-state index contributed by atoms with van der Waals surface area (Å²) in [5, 5.41) is 16.9. The summed E-state index contributed by atoms with van der Waals surface area (Å²) in [7, 11) is 1.37. The van der Waals surface area contributed by atoms with Crippen LogP contribution < -0.4 is 9.75 Å². The molecule has 2 aromatic carbocycles. The van der Waals surface area contributed by atoms with E-state index in [-0.39, 0.29) is 23.8 Å². The standard InChI is InChI=1S/C16H13N3O4/c1-23-14-9-5-8-12(16(14)19(21)22)13-10-15(20)18(17-13)11-6-3-2-4-7-11/h2-9H,10H2,1H3. The van der Waals surface area contributed by atoms with E-state index in [0.717, 1.165) is 0 Å². The Labute approximate surface area is 131 Å². The molecule has 0 saturated carbocycles. The van der Waals surface area contributed by atoms with Gasteiger partial charge in [0.15, 0.2) is 5.75 Å². The van der Waals surface area contributed by atoms with Crippen molar-refractivity contribution in [3.05, 3.63) is 64.2 Å². The molecule has 3 rings (SSSR count). The third-order valence-corrected chi connectivity index (χ3v) is 3.49. The van der Waals surface area contributed by atoms with Crippen LogP contribution in [0.5, 0.6) is 5.75 Å². The predicted molar refractivity (Wildman–Crippen MR) is 84.7 cm³/mol. The maximum Gasteiger partial charge on any atom is 0.319 e. The van der Waals surface area contributed by atoms with Crippen LogP contribution in [0.1, 0.15) is 12.0 Å². The second kappa shape index (κ2) is 5.88. The third kappa shape index (κ3) is 2.64. The van der Waals surface area contributed by atoms with Gasteiger partial charge in [0.2, 0.25) is 0 Å². The lowest BCUT2D eigenvalue weighted by Crippen LogP contribution is -2.19. The number of hydrogen-bond donors (Lipinski definition) is 0. The zero-order valence-electron chi connectivity index (χ0n) is 12.3.